The number of hydrogen-bond acceptors (Lipinski definition) is 6. The van der Waals surface area contributed by atoms with Gasteiger partial charge in [-0.2, -0.15) is 0 Å². The van der Waals surface area contributed by atoms with Crippen molar-refractivity contribution in [2.75, 3.05) is 36.9 Å². The van der Waals surface area contributed by atoms with Gasteiger partial charge in [-0.15, -0.1) is 24.2 Å². The van der Waals surface area contributed by atoms with Crippen LogP contribution < -0.4 is 21.3 Å². The van der Waals surface area contributed by atoms with E-state index in [1.165, 1.54) is 0 Å². The number of nitrogens with zero attached hydrogens (tertiary/aromatic N) is 1. The van der Waals surface area contributed by atoms with Gasteiger partial charge in [0.2, 0.25) is 17.7 Å². The molecule has 1 heterocycles. The zero-order valence-corrected chi connectivity index (χ0v) is 20.5. The minimum Gasteiger partial charge on any atom is -0.374 e. The summed E-state index contributed by atoms with van der Waals surface area (Å²) in [5.41, 5.74) is 7.27. The molecule has 0 unspecified atom stereocenters. The summed E-state index contributed by atoms with van der Waals surface area (Å²) in [6.07, 6.45) is 0.489. The van der Waals surface area contributed by atoms with E-state index in [4.69, 9.17) is 10.5 Å². The highest BCUT2D eigenvalue weighted by atomic mass is 35.5. The SMILES string of the molecule is Cl.NCCNC(=O)[C@@H](COCc1ccccc1)NC(=O)CCN1C(=O)CCSc2ccccc21. The number of carbonyl (C=O) groups is 3. The van der Waals surface area contributed by atoms with E-state index in [1.807, 2.05) is 54.6 Å². The molecular formula is C24H31ClN4O4S. The normalized spacial score (nSPS) is 13.8. The summed E-state index contributed by atoms with van der Waals surface area (Å²) in [6, 6.07) is 16.4. The Bertz CT molecular complexity index is 948. The molecule has 3 rings (SSSR count). The van der Waals surface area contributed by atoms with Crippen LogP contribution in [-0.4, -0.2) is 55.8 Å². The molecular weight excluding hydrogens is 476 g/mol. The lowest BCUT2D eigenvalue weighted by Crippen LogP contribution is -2.50. The molecule has 0 spiro atoms. The standard InChI is InChI=1S/C24H30N4O4S.ClH/c25-12-13-26-24(31)19(17-32-16-18-6-2-1-3-7-18)27-22(29)10-14-28-20-8-4-5-9-21(20)33-15-11-23(28)30;/h1-9,19H,10-17,25H2,(H,26,31)(H,27,29);1H/t19-;/m1./s1. The predicted molar refractivity (Wildman–Crippen MR) is 136 cm³/mol. The third kappa shape index (κ3) is 8.32. The van der Waals surface area contributed by atoms with Crippen LogP contribution in [0.15, 0.2) is 59.5 Å². The summed E-state index contributed by atoms with van der Waals surface area (Å²) in [7, 11) is 0. The van der Waals surface area contributed by atoms with Crippen LogP contribution in [-0.2, 0) is 25.7 Å². The van der Waals surface area contributed by atoms with Gasteiger partial charge in [0.25, 0.3) is 0 Å². The number of rotatable bonds is 11. The molecule has 34 heavy (non-hydrogen) atoms. The highest BCUT2D eigenvalue weighted by Gasteiger charge is 2.25. The fourth-order valence-electron chi connectivity index (χ4n) is 3.42. The number of fused-ring (bicyclic) bond motifs is 1. The van der Waals surface area contributed by atoms with E-state index in [0.29, 0.717) is 31.9 Å². The quantitative estimate of drug-likeness (QED) is 0.430. The zero-order valence-electron chi connectivity index (χ0n) is 18.9. The van der Waals surface area contributed by atoms with Crippen LogP contribution in [0.25, 0.3) is 0 Å². The monoisotopic (exact) mass is 506 g/mol. The lowest BCUT2D eigenvalue weighted by molar-refractivity contribution is -0.130. The average molecular weight is 507 g/mol. The van der Waals surface area contributed by atoms with Crippen LogP contribution in [0, 0.1) is 0 Å². The van der Waals surface area contributed by atoms with E-state index in [-0.39, 0.29) is 49.7 Å². The van der Waals surface area contributed by atoms with Crippen molar-refractivity contribution >= 4 is 47.6 Å². The molecule has 184 valence electrons. The molecule has 8 nitrogen and oxygen atoms in total. The summed E-state index contributed by atoms with van der Waals surface area (Å²) in [4.78, 5) is 40.5. The van der Waals surface area contributed by atoms with E-state index in [0.717, 1.165) is 16.1 Å². The fraction of sp³-hybridized carbons (Fsp3) is 0.375. The maximum absolute atomic E-state index is 12.7. The number of nitrogens with two attached hydrogens (primary N) is 1. The molecule has 0 fully saturated rings. The maximum Gasteiger partial charge on any atom is 0.245 e. The van der Waals surface area contributed by atoms with Crippen molar-refractivity contribution in [1.82, 2.24) is 10.6 Å². The van der Waals surface area contributed by atoms with Crippen molar-refractivity contribution in [3.8, 4) is 0 Å². The fourth-order valence-corrected chi connectivity index (χ4v) is 4.41. The predicted octanol–water partition coefficient (Wildman–Crippen LogP) is 2.10. The largest absolute Gasteiger partial charge is 0.374 e. The molecule has 0 saturated carbocycles. The molecule has 1 atom stereocenters. The number of ether oxygens (including phenoxy) is 1. The van der Waals surface area contributed by atoms with Crippen LogP contribution in [0.1, 0.15) is 18.4 Å². The lowest BCUT2D eigenvalue weighted by atomic mass is 10.2. The Labute approximate surface area is 210 Å². The first kappa shape index (κ1) is 27.7. The molecule has 3 amide bonds. The first-order chi connectivity index (χ1) is 16.1. The summed E-state index contributed by atoms with van der Waals surface area (Å²) in [6.45, 7) is 1.20. The number of amides is 3. The molecule has 0 saturated heterocycles. The molecule has 10 heteroatoms. The number of para-hydroxylation sites is 1. The van der Waals surface area contributed by atoms with Crippen molar-refractivity contribution in [3.63, 3.8) is 0 Å². The molecule has 0 bridgehead atoms. The molecule has 0 aliphatic carbocycles. The highest BCUT2D eigenvalue weighted by Crippen LogP contribution is 2.33. The van der Waals surface area contributed by atoms with Crippen molar-refractivity contribution in [2.45, 2.75) is 30.4 Å². The Hall–Kier alpha value is -2.59. The second-order valence-electron chi connectivity index (χ2n) is 7.56. The van der Waals surface area contributed by atoms with Crippen LogP contribution in [0.4, 0.5) is 5.69 Å². The third-order valence-corrected chi connectivity index (χ3v) is 6.15. The highest BCUT2D eigenvalue weighted by molar-refractivity contribution is 7.99. The van der Waals surface area contributed by atoms with Gasteiger partial charge in [-0.1, -0.05) is 42.5 Å². The molecule has 1 aliphatic heterocycles. The van der Waals surface area contributed by atoms with Crippen LogP contribution in [0.3, 0.4) is 0 Å². The Morgan fingerprint density at radius 1 is 1.12 bits per heavy atom. The zero-order chi connectivity index (χ0) is 23.5. The number of nitrogens with one attached hydrogen (secondary N) is 2. The number of halogens is 1. The van der Waals surface area contributed by atoms with E-state index in [1.54, 1.807) is 16.7 Å². The van der Waals surface area contributed by atoms with Gasteiger partial charge < -0.3 is 26.0 Å². The molecule has 0 aromatic heterocycles. The summed E-state index contributed by atoms with van der Waals surface area (Å²) < 4.78 is 5.68. The number of benzene rings is 2. The minimum absolute atomic E-state index is 0. The average Bonchev–Trinajstić information content (AvgIpc) is 2.99. The van der Waals surface area contributed by atoms with Gasteiger partial charge in [0.05, 0.1) is 18.9 Å². The van der Waals surface area contributed by atoms with Crippen LogP contribution in [0.5, 0.6) is 0 Å². The first-order valence-electron chi connectivity index (χ1n) is 11.0. The first-order valence-corrected chi connectivity index (χ1v) is 12.0. The van der Waals surface area contributed by atoms with Gasteiger partial charge in [0.15, 0.2) is 0 Å². The van der Waals surface area contributed by atoms with Gasteiger partial charge >= 0.3 is 0 Å². The summed E-state index contributed by atoms with van der Waals surface area (Å²) in [5, 5.41) is 5.44. The number of thioether (sulfide) groups is 1. The Kier molecular flexibility index (Phi) is 11.9. The van der Waals surface area contributed by atoms with Crippen LogP contribution >= 0.6 is 24.2 Å². The molecule has 2 aromatic carbocycles. The van der Waals surface area contributed by atoms with Crippen molar-refractivity contribution in [1.29, 1.82) is 0 Å². The van der Waals surface area contributed by atoms with Gasteiger partial charge in [-0.3, -0.25) is 14.4 Å². The van der Waals surface area contributed by atoms with Crippen molar-refractivity contribution in [2.24, 2.45) is 5.73 Å². The molecule has 4 N–H and O–H groups in total. The molecule has 2 aromatic rings. The van der Waals surface area contributed by atoms with E-state index < -0.39 is 6.04 Å². The summed E-state index contributed by atoms with van der Waals surface area (Å²) in [5.74, 6) is 0.0206. The van der Waals surface area contributed by atoms with E-state index in [9.17, 15) is 14.4 Å². The van der Waals surface area contributed by atoms with Crippen molar-refractivity contribution in [3.05, 3.63) is 60.2 Å². The third-order valence-electron chi connectivity index (χ3n) is 5.08. The lowest BCUT2D eigenvalue weighted by Gasteiger charge is -2.23. The second-order valence-corrected chi connectivity index (χ2v) is 8.70. The number of carbonyl (C=O) groups excluding carboxylic acids is 3. The Morgan fingerprint density at radius 2 is 1.85 bits per heavy atom. The Balaban J connectivity index is 0.00000408. The van der Waals surface area contributed by atoms with Gasteiger partial charge in [-0.05, 0) is 17.7 Å². The van der Waals surface area contributed by atoms with Gasteiger partial charge in [0, 0.05) is 43.1 Å². The molecule has 1 aliphatic rings. The van der Waals surface area contributed by atoms with Crippen LogP contribution in [0.2, 0.25) is 0 Å². The minimum atomic E-state index is -0.851. The Morgan fingerprint density at radius 3 is 2.62 bits per heavy atom. The molecule has 0 radical (unpaired) electrons. The number of hydrogen-bond donors (Lipinski definition) is 3. The van der Waals surface area contributed by atoms with Crippen molar-refractivity contribution < 1.29 is 19.1 Å². The van der Waals surface area contributed by atoms with E-state index in [2.05, 4.69) is 10.6 Å². The second kappa shape index (κ2) is 14.6. The van der Waals surface area contributed by atoms with E-state index >= 15 is 0 Å². The number of anilines is 1. The smallest absolute Gasteiger partial charge is 0.245 e. The summed E-state index contributed by atoms with van der Waals surface area (Å²) >= 11 is 1.64. The maximum atomic E-state index is 12.7. The van der Waals surface area contributed by atoms with Gasteiger partial charge in [0.1, 0.15) is 6.04 Å². The van der Waals surface area contributed by atoms with Gasteiger partial charge in [-0.25, -0.2) is 0 Å². The topological polar surface area (TPSA) is 114 Å².